The lowest BCUT2D eigenvalue weighted by atomic mass is 10.2. The van der Waals surface area contributed by atoms with E-state index in [0.29, 0.717) is 36.0 Å². The zero-order chi connectivity index (χ0) is 22.8. The monoisotopic (exact) mass is 450 g/mol. The Labute approximate surface area is 193 Å². The summed E-state index contributed by atoms with van der Waals surface area (Å²) in [5, 5.41) is 5.88. The molecule has 6 nitrogen and oxygen atoms in total. The van der Waals surface area contributed by atoms with Gasteiger partial charge in [-0.2, -0.15) is 0 Å². The molecule has 0 aliphatic rings. The second kappa shape index (κ2) is 11.7. The molecular weight excluding hydrogens is 424 g/mol. The lowest BCUT2D eigenvalue weighted by molar-refractivity contribution is 0.0972. The Hall–Kier alpha value is -3.58. The molecule has 0 bridgehead atoms. The molecule has 0 saturated heterocycles. The minimum Gasteiger partial charge on any atom is -0.490 e. The van der Waals surface area contributed by atoms with Crippen molar-refractivity contribution in [1.82, 2.24) is 5.32 Å². The Balaban J connectivity index is 1.50. The Kier molecular flexibility index (Phi) is 8.45. The zero-order valence-electron chi connectivity index (χ0n) is 18.0. The highest BCUT2D eigenvalue weighted by Crippen LogP contribution is 2.20. The van der Waals surface area contributed by atoms with Gasteiger partial charge in [-0.1, -0.05) is 36.4 Å². The number of carbonyl (C=O) groups excluding carboxylic acids is 1. The van der Waals surface area contributed by atoms with E-state index in [1.807, 2.05) is 68.4 Å². The molecule has 3 aromatic carbocycles. The van der Waals surface area contributed by atoms with Crippen LogP contribution in [0.3, 0.4) is 0 Å². The summed E-state index contributed by atoms with van der Waals surface area (Å²) < 4.78 is 17.1. The minimum atomic E-state index is -0.343. The van der Waals surface area contributed by atoms with Crippen molar-refractivity contribution in [3.05, 3.63) is 84.4 Å². The third-order valence-corrected chi connectivity index (χ3v) is 4.38. The van der Waals surface area contributed by atoms with Crippen LogP contribution in [0.2, 0.25) is 0 Å². The van der Waals surface area contributed by atoms with Gasteiger partial charge in [0.2, 0.25) is 0 Å². The van der Waals surface area contributed by atoms with Crippen LogP contribution in [0.5, 0.6) is 17.2 Å². The quantitative estimate of drug-likeness (QED) is 0.351. The van der Waals surface area contributed by atoms with Gasteiger partial charge in [0.15, 0.2) is 5.11 Å². The van der Waals surface area contributed by atoms with Crippen LogP contribution in [0.1, 0.15) is 24.2 Å². The first kappa shape index (κ1) is 23.1. The summed E-state index contributed by atoms with van der Waals surface area (Å²) in [7, 11) is 0. The number of carbonyl (C=O) groups is 1. The smallest absolute Gasteiger partial charge is 0.261 e. The molecule has 2 N–H and O–H groups in total. The summed E-state index contributed by atoms with van der Waals surface area (Å²) in [6, 6.07) is 23.9. The highest BCUT2D eigenvalue weighted by atomic mass is 32.1. The minimum absolute atomic E-state index is 0.0464. The number of hydrogen-bond acceptors (Lipinski definition) is 5. The summed E-state index contributed by atoms with van der Waals surface area (Å²) in [5.41, 5.74) is 1.12. The highest BCUT2D eigenvalue weighted by molar-refractivity contribution is 7.80. The first-order valence-corrected chi connectivity index (χ1v) is 10.7. The lowest BCUT2D eigenvalue weighted by Crippen LogP contribution is -2.34. The van der Waals surface area contributed by atoms with Gasteiger partial charge in [-0.05, 0) is 62.5 Å². The molecule has 0 radical (unpaired) electrons. The van der Waals surface area contributed by atoms with Gasteiger partial charge >= 0.3 is 0 Å². The maximum atomic E-state index is 12.6. The predicted octanol–water partition coefficient (Wildman–Crippen LogP) is 5.06. The molecule has 3 rings (SSSR count). The van der Waals surface area contributed by atoms with E-state index in [2.05, 4.69) is 10.6 Å². The second-order valence-corrected chi connectivity index (χ2v) is 7.52. The number of benzene rings is 3. The standard InChI is InChI=1S/C25H26N2O4S/c1-18(2)31-23-14-7-6-13-22(23)24(28)27-25(32)26-19-9-8-12-21(17-19)30-16-15-29-20-10-4-3-5-11-20/h3-14,17-18H,15-16H2,1-2H3,(H2,26,27,28,32). The number of rotatable bonds is 9. The van der Waals surface area contributed by atoms with Crippen molar-refractivity contribution < 1.29 is 19.0 Å². The molecule has 0 aromatic heterocycles. The van der Waals surface area contributed by atoms with Crippen LogP contribution in [-0.2, 0) is 0 Å². The third-order valence-electron chi connectivity index (χ3n) is 4.18. The van der Waals surface area contributed by atoms with Crippen molar-refractivity contribution in [2.75, 3.05) is 18.5 Å². The van der Waals surface area contributed by atoms with Crippen LogP contribution in [0, 0.1) is 0 Å². The summed E-state index contributed by atoms with van der Waals surface area (Å²) in [5.74, 6) is 1.63. The molecule has 7 heteroatoms. The predicted molar refractivity (Wildman–Crippen MR) is 130 cm³/mol. The fourth-order valence-corrected chi connectivity index (χ4v) is 3.05. The second-order valence-electron chi connectivity index (χ2n) is 7.11. The van der Waals surface area contributed by atoms with Crippen LogP contribution in [0.15, 0.2) is 78.9 Å². The molecule has 0 aliphatic carbocycles. The number of anilines is 1. The van der Waals surface area contributed by atoms with E-state index in [-0.39, 0.29) is 17.1 Å². The SMILES string of the molecule is CC(C)Oc1ccccc1C(=O)NC(=S)Nc1cccc(OCCOc2ccccc2)c1. The molecule has 0 unspecified atom stereocenters. The third kappa shape index (κ3) is 7.28. The van der Waals surface area contributed by atoms with E-state index in [1.165, 1.54) is 0 Å². The fraction of sp³-hybridized carbons (Fsp3) is 0.200. The maximum absolute atomic E-state index is 12.6. The van der Waals surface area contributed by atoms with Crippen LogP contribution in [-0.4, -0.2) is 30.3 Å². The van der Waals surface area contributed by atoms with Gasteiger partial charge in [-0.3, -0.25) is 10.1 Å². The van der Waals surface area contributed by atoms with Crippen molar-refractivity contribution >= 4 is 28.9 Å². The molecule has 166 valence electrons. The highest BCUT2D eigenvalue weighted by Gasteiger charge is 2.14. The Bertz CT molecular complexity index is 1040. The average Bonchev–Trinajstić information content (AvgIpc) is 2.77. The molecular formula is C25H26N2O4S. The molecule has 0 fully saturated rings. The zero-order valence-corrected chi connectivity index (χ0v) is 18.9. The number of nitrogens with one attached hydrogen (secondary N) is 2. The van der Waals surface area contributed by atoms with Crippen molar-refractivity contribution in [2.45, 2.75) is 20.0 Å². The molecule has 0 heterocycles. The fourth-order valence-electron chi connectivity index (χ4n) is 2.84. The van der Waals surface area contributed by atoms with Gasteiger partial charge in [-0.25, -0.2) is 0 Å². The Morgan fingerprint density at radius 1 is 0.875 bits per heavy atom. The summed E-state index contributed by atoms with van der Waals surface area (Å²) in [4.78, 5) is 12.6. The van der Waals surface area contributed by atoms with E-state index < -0.39 is 0 Å². The Morgan fingerprint density at radius 2 is 1.53 bits per heavy atom. The Morgan fingerprint density at radius 3 is 2.28 bits per heavy atom. The van der Waals surface area contributed by atoms with Crippen molar-refractivity contribution in [2.24, 2.45) is 0 Å². The molecule has 0 spiro atoms. The summed E-state index contributed by atoms with van der Waals surface area (Å²) in [6.07, 6.45) is -0.0464. The normalized spacial score (nSPS) is 10.3. The van der Waals surface area contributed by atoms with Crippen LogP contribution in [0.25, 0.3) is 0 Å². The maximum Gasteiger partial charge on any atom is 0.261 e. The number of hydrogen-bond donors (Lipinski definition) is 2. The van der Waals surface area contributed by atoms with Crippen LogP contribution < -0.4 is 24.8 Å². The van der Waals surface area contributed by atoms with Gasteiger partial charge in [-0.15, -0.1) is 0 Å². The lowest BCUT2D eigenvalue weighted by Gasteiger charge is -2.15. The summed E-state index contributed by atoms with van der Waals surface area (Å²) >= 11 is 5.30. The van der Waals surface area contributed by atoms with Crippen molar-refractivity contribution in [3.8, 4) is 17.2 Å². The summed E-state index contributed by atoms with van der Waals surface area (Å²) in [6.45, 7) is 4.63. The molecule has 3 aromatic rings. The average molecular weight is 451 g/mol. The van der Waals surface area contributed by atoms with E-state index in [1.54, 1.807) is 24.3 Å². The van der Waals surface area contributed by atoms with E-state index in [0.717, 1.165) is 5.75 Å². The van der Waals surface area contributed by atoms with Gasteiger partial charge in [0.1, 0.15) is 30.5 Å². The molecule has 1 amide bonds. The number of ether oxygens (including phenoxy) is 3. The van der Waals surface area contributed by atoms with E-state index in [4.69, 9.17) is 26.4 Å². The number of para-hydroxylation sites is 2. The van der Waals surface area contributed by atoms with Crippen LogP contribution >= 0.6 is 12.2 Å². The van der Waals surface area contributed by atoms with Gasteiger partial charge < -0.3 is 19.5 Å². The van der Waals surface area contributed by atoms with Gasteiger partial charge in [0, 0.05) is 11.8 Å². The van der Waals surface area contributed by atoms with Crippen molar-refractivity contribution in [3.63, 3.8) is 0 Å². The van der Waals surface area contributed by atoms with Crippen LogP contribution in [0.4, 0.5) is 5.69 Å². The van der Waals surface area contributed by atoms with Gasteiger partial charge in [0.25, 0.3) is 5.91 Å². The molecule has 0 saturated carbocycles. The largest absolute Gasteiger partial charge is 0.490 e. The first-order valence-electron chi connectivity index (χ1n) is 10.3. The molecule has 32 heavy (non-hydrogen) atoms. The topological polar surface area (TPSA) is 68.8 Å². The number of thiocarbonyl (C=S) groups is 1. The molecule has 0 atom stereocenters. The molecule has 0 aliphatic heterocycles. The van der Waals surface area contributed by atoms with E-state index in [9.17, 15) is 4.79 Å². The number of amides is 1. The van der Waals surface area contributed by atoms with Gasteiger partial charge in [0.05, 0.1) is 11.7 Å². The van der Waals surface area contributed by atoms with E-state index >= 15 is 0 Å². The van der Waals surface area contributed by atoms with Crippen molar-refractivity contribution in [1.29, 1.82) is 0 Å². The first-order chi connectivity index (χ1) is 15.5.